The molecule has 0 saturated heterocycles. The van der Waals surface area contributed by atoms with E-state index in [1.54, 1.807) is 7.11 Å². The zero-order valence-corrected chi connectivity index (χ0v) is 13.3. The monoisotopic (exact) mass is 270 g/mol. The minimum absolute atomic E-state index is 0.273. The number of nitrogens with zero attached hydrogens (tertiary/aromatic N) is 1. The first-order valence-corrected chi connectivity index (χ1v) is 8.16. The number of hydrogen-bond donors (Lipinski definition) is 1. The second-order valence-electron chi connectivity index (χ2n) is 6.11. The Morgan fingerprint density at radius 3 is 2.37 bits per heavy atom. The molecule has 0 radical (unpaired) electrons. The summed E-state index contributed by atoms with van der Waals surface area (Å²) in [6.45, 7) is 8.58. The van der Waals surface area contributed by atoms with Gasteiger partial charge in [0.15, 0.2) is 0 Å². The molecule has 1 saturated carbocycles. The Labute approximate surface area is 119 Å². The Kier molecular flexibility index (Phi) is 7.96. The van der Waals surface area contributed by atoms with Gasteiger partial charge in [-0.25, -0.2) is 0 Å². The van der Waals surface area contributed by atoms with Gasteiger partial charge in [-0.05, 0) is 51.0 Å². The van der Waals surface area contributed by atoms with Gasteiger partial charge in [-0.1, -0.05) is 20.3 Å². The van der Waals surface area contributed by atoms with Gasteiger partial charge in [0.05, 0.1) is 0 Å². The highest BCUT2D eigenvalue weighted by atomic mass is 16.5. The molecule has 0 aromatic carbocycles. The molecule has 2 N–H and O–H groups in total. The predicted octanol–water partition coefficient (Wildman–Crippen LogP) is 3.03. The van der Waals surface area contributed by atoms with E-state index in [0.29, 0.717) is 0 Å². The van der Waals surface area contributed by atoms with Crippen LogP contribution in [0.15, 0.2) is 0 Å². The van der Waals surface area contributed by atoms with Crippen LogP contribution in [-0.2, 0) is 4.74 Å². The van der Waals surface area contributed by atoms with Gasteiger partial charge in [0.2, 0.25) is 0 Å². The quantitative estimate of drug-likeness (QED) is 0.655. The summed E-state index contributed by atoms with van der Waals surface area (Å²) in [6.07, 6.45) is 8.96. The molecule has 3 nitrogen and oxygen atoms in total. The SMILES string of the molecule is CCCN(CCCOC)C1(CN)CCC(CC)CC1. The van der Waals surface area contributed by atoms with E-state index in [4.69, 9.17) is 10.5 Å². The molecule has 0 aromatic rings. The van der Waals surface area contributed by atoms with Crippen molar-refractivity contribution in [2.45, 2.75) is 64.3 Å². The maximum atomic E-state index is 6.19. The Morgan fingerprint density at radius 1 is 1.21 bits per heavy atom. The number of nitrogens with two attached hydrogens (primary N) is 1. The van der Waals surface area contributed by atoms with Crippen LogP contribution < -0.4 is 5.73 Å². The van der Waals surface area contributed by atoms with Gasteiger partial charge in [-0.3, -0.25) is 4.90 Å². The number of hydrogen-bond acceptors (Lipinski definition) is 3. The third kappa shape index (κ3) is 4.73. The Balaban J connectivity index is 2.61. The molecule has 19 heavy (non-hydrogen) atoms. The van der Waals surface area contributed by atoms with Crippen LogP contribution in [0.4, 0.5) is 0 Å². The fourth-order valence-corrected chi connectivity index (χ4v) is 3.53. The molecule has 0 heterocycles. The molecule has 1 aliphatic carbocycles. The van der Waals surface area contributed by atoms with Crippen LogP contribution in [0.2, 0.25) is 0 Å². The predicted molar refractivity (Wildman–Crippen MR) is 82.4 cm³/mol. The lowest BCUT2D eigenvalue weighted by Gasteiger charge is -2.48. The van der Waals surface area contributed by atoms with Crippen molar-refractivity contribution in [2.24, 2.45) is 11.7 Å². The van der Waals surface area contributed by atoms with Crippen molar-refractivity contribution in [3.8, 4) is 0 Å². The highest BCUT2D eigenvalue weighted by Gasteiger charge is 2.38. The van der Waals surface area contributed by atoms with Crippen molar-refractivity contribution in [3.05, 3.63) is 0 Å². The van der Waals surface area contributed by atoms with Crippen molar-refractivity contribution in [3.63, 3.8) is 0 Å². The zero-order valence-electron chi connectivity index (χ0n) is 13.3. The molecule has 3 heteroatoms. The molecular weight excluding hydrogens is 236 g/mol. The van der Waals surface area contributed by atoms with E-state index in [-0.39, 0.29) is 5.54 Å². The number of rotatable bonds is 9. The van der Waals surface area contributed by atoms with E-state index < -0.39 is 0 Å². The molecule has 114 valence electrons. The van der Waals surface area contributed by atoms with E-state index >= 15 is 0 Å². The van der Waals surface area contributed by atoms with E-state index in [0.717, 1.165) is 32.0 Å². The topological polar surface area (TPSA) is 38.5 Å². The summed E-state index contributed by atoms with van der Waals surface area (Å²) in [5.74, 6) is 0.933. The van der Waals surface area contributed by atoms with Crippen LogP contribution in [0, 0.1) is 5.92 Å². The van der Waals surface area contributed by atoms with Gasteiger partial charge < -0.3 is 10.5 Å². The molecule has 0 spiro atoms. The van der Waals surface area contributed by atoms with Crippen molar-refractivity contribution in [2.75, 3.05) is 33.4 Å². The standard InChI is InChI=1S/C16H34N2O/c1-4-11-18(12-6-13-19-3)16(14-17)9-7-15(5-2)8-10-16/h15H,4-14,17H2,1-3H3. The first kappa shape index (κ1) is 16.9. The van der Waals surface area contributed by atoms with E-state index in [9.17, 15) is 0 Å². The largest absolute Gasteiger partial charge is 0.385 e. The second-order valence-corrected chi connectivity index (χ2v) is 6.11. The van der Waals surface area contributed by atoms with Crippen LogP contribution in [-0.4, -0.2) is 43.8 Å². The lowest BCUT2D eigenvalue weighted by atomic mass is 9.74. The highest BCUT2D eigenvalue weighted by molar-refractivity contribution is 4.95. The van der Waals surface area contributed by atoms with Crippen molar-refractivity contribution >= 4 is 0 Å². The molecule has 0 unspecified atom stereocenters. The first-order chi connectivity index (χ1) is 9.22. The summed E-state index contributed by atoms with van der Waals surface area (Å²) in [7, 11) is 1.79. The van der Waals surface area contributed by atoms with Crippen LogP contribution in [0.1, 0.15) is 58.8 Å². The van der Waals surface area contributed by atoms with E-state index in [1.807, 2.05) is 0 Å². The van der Waals surface area contributed by atoms with E-state index in [2.05, 4.69) is 18.7 Å². The summed E-state index contributed by atoms with van der Waals surface area (Å²) in [4.78, 5) is 2.66. The van der Waals surface area contributed by atoms with Crippen LogP contribution in [0.25, 0.3) is 0 Å². The lowest BCUT2D eigenvalue weighted by Crippen LogP contribution is -2.56. The smallest absolute Gasteiger partial charge is 0.0474 e. The second kappa shape index (κ2) is 8.93. The summed E-state index contributed by atoms with van der Waals surface area (Å²) in [6, 6.07) is 0. The number of ether oxygens (including phenoxy) is 1. The normalized spacial score (nSPS) is 27.9. The summed E-state index contributed by atoms with van der Waals surface area (Å²) in [5, 5.41) is 0. The molecule has 0 bridgehead atoms. The molecule has 1 rings (SSSR count). The average molecular weight is 270 g/mol. The fourth-order valence-electron chi connectivity index (χ4n) is 3.53. The minimum Gasteiger partial charge on any atom is -0.385 e. The maximum Gasteiger partial charge on any atom is 0.0474 e. The Hall–Kier alpha value is -0.120. The van der Waals surface area contributed by atoms with Crippen molar-refractivity contribution in [1.82, 2.24) is 4.90 Å². The van der Waals surface area contributed by atoms with Crippen LogP contribution >= 0.6 is 0 Å². The zero-order chi connectivity index (χ0) is 14.1. The van der Waals surface area contributed by atoms with Crippen LogP contribution in [0.3, 0.4) is 0 Å². The highest BCUT2D eigenvalue weighted by Crippen LogP contribution is 2.37. The Bertz CT molecular complexity index is 225. The molecule has 0 aliphatic heterocycles. The van der Waals surface area contributed by atoms with Gasteiger partial charge in [-0.15, -0.1) is 0 Å². The molecular formula is C16H34N2O. The van der Waals surface area contributed by atoms with Crippen molar-refractivity contribution in [1.29, 1.82) is 0 Å². The summed E-state index contributed by atoms with van der Waals surface area (Å²) in [5.41, 5.74) is 6.46. The summed E-state index contributed by atoms with van der Waals surface area (Å²) >= 11 is 0. The van der Waals surface area contributed by atoms with Crippen molar-refractivity contribution < 1.29 is 4.74 Å². The molecule has 0 atom stereocenters. The Morgan fingerprint density at radius 2 is 1.89 bits per heavy atom. The maximum absolute atomic E-state index is 6.19. The van der Waals surface area contributed by atoms with Gasteiger partial charge in [0.25, 0.3) is 0 Å². The molecule has 1 aliphatic rings. The molecule has 0 aromatic heterocycles. The van der Waals surface area contributed by atoms with Gasteiger partial charge >= 0.3 is 0 Å². The lowest BCUT2D eigenvalue weighted by molar-refractivity contribution is 0.0345. The van der Waals surface area contributed by atoms with E-state index in [1.165, 1.54) is 45.1 Å². The van der Waals surface area contributed by atoms with Crippen LogP contribution in [0.5, 0.6) is 0 Å². The molecule has 0 amide bonds. The van der Waals surface area contributed by atoms with Gasteiger partial charge in [0, 0.05) is 32.3 Å². The fraction of sp³-hybridized carbons (Fsp3) is 1.00. The summed E-state index contributed by atoms with van der Waals surface area (Å²) < 4.78 is 5.20. The molecule has 1 fully saturated rings. The van der Waals surface area contributed by atoms with Gasteiger partial charge in [0.1, 0.15) is 0 Å². The van der Waals surface area contributed by atoms with Gasteiger partial charge in [-0.2, -0.15) is 0 Å². The average Bonchev–Trinajstić information content (AvgIpc) is 2.46. The first-order valence-electron chi connectivity index (χ1n) is 8.16. The minimum atomic E-state index is 0.273. The third-order valence-corrected chi connectivity index (χ3v) is 4.93. The third-order valence-electron chi connectivity index (χ3n) is 4.93. The number of methoxy groups -OCH3 is 1.